The van der Waals surface area contributed by atoms with Crippen molar-refractivity contribution in [3.63, 3.8) is 0 Å². The number of thiophene rings is 1. The Kier molecular flexibility index (Phi) is 6.45. The number of aliphatic hydroxyl groups excluding tert-OH is 1. The minimum absolute atomic E-state index is 0.0603. The first-order valence-electron chi connectivity index (χ1n) is 12.3. The summed E-state index contributed by atoms with van der Waals surface area (Å²) in [5.41, 5.74) is 3.02. The maximum atomic E-state index is 14.8. The fraction of sp³-hybridized carbons (Fsp3) is 0.296. The quantitative estimate of drug-likeness (QED) is 0.313. The van der Waals surface area contributed by atoms with E-state index in [1.54, 1.807) is 18.3 Å². The van der Waals surface area contributed by atoms with E-state index in [9.17, 15) is 14.3 Å². The van der Waals surface area contributed by atoms with Crippen LogP contribution >= 0.6 is 11.3 Å². The highest BCUT2D eigenvalue weighted by molar-refractivity contribution is 7.22. The molecule has 1 saturated carbocycles. The number of carbonyl (C=O) groups is 1. The maximum Gasteiger partial charge on any atom is 0.319 e. The first kappa shape index (κ1) is 23.8. The maximum absolute atomic E-state index is 14.8. The number of β-amino-alcohol motifs (C(OH)–C–C–N with tert-alkyl or cyclic N) is 1. The summed E-state index contributed by atoms with van der Waals surface area (Å²) in [4.78, 5) is 24.2. The lowest BCUT2D eigenvalue weighted by atomic mass is 10.2. The minimum atomic E-state index is -0.575. The molecule has 190 valence electrons. The second-order valence-corrected chi connectivity index (χ2v) is 10.5. The molecule has 0 radical (unpaired) electrons. The summed E-state index contributed by atoms with van der Waals surface area (Å²) in [6.07, 6.45) is 6.02. The Morgan fingerprint density at radius 1 is 1.14 bits per heavy atom. The van der Waals surface area contributed by atoms with Crippen molar-refractivity contribution >= 4 is 33.3 Å². The summed E-state index contributed by atoms with van der Waals surface area (Å²) in [5, 5.41) is 15.2. The van der Waals surface area contributed by atoms with Gasteiger partial charge < -0.3 is 20.5 Å². The van der Waals surface area contributed by atoms with Gasteiger partial charge in [0.05, 0.1) is 26.9 Å². The Labute approximate surface area is 217 Å². The van der Waals surface area contributed by atoms with Crippen molar-refractivity contribution in [3.05, 3.63) is 66.2 Å². The van der Waals surface area contributed by atoms with Crippen LogP contribution in [0.1, 0.15) is 24.8 Å². The van der Waals surface area contributed by atoms with Crippen LogP contribution in [0.15, 0.2) is 54.9 Å². The molecule has 1 unspecified atom stereocenters. The molecule has 10 heteroatoms. The van der Waals surface area contributed by atoms with Crippen LogP contribution in [-0.4, -0.2) is 51.2 Å². The first-order valence-corrected chi connectivity index (χ1v) is 13.1. The molecule has 3 aromatic heterocycles. The molecule has 2 amide bonds. The second-order valence-electron chi connectivity index (χ2n) is 9.48. The number of anilines is 1. The van der Waals surface area contributed by atoms with Gasteiger partial charge in [-0.15, -0.1) is 11.3 Å². The lowest BCUT2D eigenvalue weighted by Gasteiger charge is -2.14. The molecule has 1 saturated heterocycles. The number of aromatic nitrogens is 2. The molecule has 6 rings (SSSR count). The molecule has 3 N–H and O–H groups in total. The first-order chi connectivity index (χ1) is 18.0. The third kappa shape index (κ3) is 5.56. The second kappa shape index (κ2) is 10.0. The number of ether oxygens (including phenoxy) is 1. The van der Waals surface area contributed by atoms with Gasteiger partial charge in [0.1, 0.15) is 5.75 Å². The van der Waals surface area contributed by atoms with Gasteiger partial charge in [-0.1, -0.05) is 6.07 Å². The van der Waals surface area contributed by atoms with Crippen molar-refractivity contribution in [2.75, 3.05) is 18.4 Å². The number of rotatable bonds is 7. The fourth-order valence-corrected chi connectivity index (χ4v) is 5.40. The van der Waals surface area contributed by atoms with E-state index in [1.807, 2.05) is 18.3 Å². The zero-order valence-corrected chi connectivity index (χ0v) is 20.8. The Balaban J connectivity index is 1.17. The summed E-state index contributed by atoms with van der Waals surface area (Å²) in [5.74, 6) is -0.0182. The molecular weight excluding hydrogens is 493 g/mol. The van der Waals surface area contributed by atoms with Crippen molar-refractivity contribution in [3.8, 4) is 22.1 Å². The molecular formula is C27H26FN5O3S. The molecule has 1 aliphatic heterocycles. The van der Waals surface area contributed by atoms with Crippen LogP contribution in [0.3, 0.4) is 0 Å². The highest BCUT2D eigenvalue weighted by atomic mass is 32.1. The number of halogens is 1. The van der Waals surface area contributed by atoms with Crippen molar-refractivity contribution in [2.24, 2.45) is 0 Å². The average molecular weight is 520 g/mol. The van der Waals surface area contributed by atoms with Crippen molar-refractivity contribution in [2.45, 2.75) is 38.0 Å². The van der Waals surface area contributed by atoms with E-state index in [0.29, 0.717) is 18.0 Å². The van der Waals surface area contributed by atoms with Gasteiger partial charge in [-0.25, -0.2) is 9.18 Å². The number of amides is 2. The lowest BCUT2D eigenvalue weighted by molar-refractivity contribution is 0.174. The Morgan fingerprint density at radius 2 is 2.03 bits per heavy atom. The van der Waals surface area contributed by atoms with Gasteiger partial charge in [-0.05, 0) is 49.1 Å². The van der Waals surface area contributed by atoms with Crippen LogP contribution < -0.4 is 15.4 Å². The van der Waals surface area contributed by atoms with Crippen LogP contribution in [0.2, 0.25) is 0 Å². The number of nitrogens with one attached hydrogen (secondary N) is 2. The number of pyridine rings is 2. The highest BCUT2D eigenvalue weighted by Crippen LogP contribution is 2.39. The van der Waals surface area contributed by atoms with Gasteiger partial charge in [-0.2, -0.15) is 0 Å². The van der Waals surface area contributed by atoms with E-state index in [2.05, 4.69) is 31.6 Å². The molecule has 8 nitrogen and oxygen atoms in total. The summed E-state index contributed by atoms with van der Waals surface area (Å²) < 4.78 is 21.5. The Hall–Kier alpha value is -3.60. The zero-order valence-electron chi connectivity index (χ0n) is 20.0. The van der Waals surface area contributed by atoms with E-state index in [4.69, 9.17) is 4.74 Å². The molecule has 4 aromatic rings. The molecule has 2 aliphatic rings. The topological polar surface area (TPSA) is 99.6 Å². The summed E-state index contributed by atoms with van der Waals surface area (Å²) in [7, 11) is 0. The minimum Gasteiger partial charge on any atom is -0.453 e. The Bertz CT molecular complexity index is 1440. The highest BCUT2D eigenvalue weighted by Gasteiger charge is 2.23. The van der Waals surface area contributed by atoms with E-state index in [1.165, 1.54) is 23.5 Å². The number of fused-ring (bicyclic) bond motifs is 1. The van der Waals surface area contributed by atoms with Gasteiger partial charge in [0.15, 0.2) is 11.6 Å². The van der Waals surface area contributed by atoms with Crippen LogP contribution in [0, 0.1) is 5.82 Å². The normalized spacial score (nSPS) is 17.7. The smallest absolute Gasteiger partial charge is 0.319 e. The number of hydrogen-bond acceptors (Lipinski definition) is 7. The number of nitrogens with zero attached hydrogens (tertiary/aromatic N) is 3. The molecule has 1 aliphatic carbocycles. The van der Waals surface area contributed by atoms with E-state index in [0.717, 1.165) is 58.7 Å². The summed E-state index contributed by atoms with van der Waals surface area (Å²) >= 11 is 1.48. The van der Waals surface area contributed by atoms with Crippen LogP contribution in [0.25, 0.3) is 20.8 Å². The SMILES string of the molecule is O=C(Nc1ccc(Oc2ccnc3cc(-c4ccc(CN5CCC(O)C5)cn4)sc23)c(F)c1)NC1CC1. The molecule has 1 aromatic carbocycles. The molecule has 0 bridgehead atoms. The van der Waals surface area contributed by atoms with E-state index in [-0.39, 0.29) is 23.9 Å². The third-order valence-electron chi connectivity index (χ3n) is 6.43. The molecule has 37 heavy (non-hydrogen) atoms. The Morgan fingerprint density at radius 3 is 2.76 bits per heavy atom. The van der Waals surface area contributed by atoms with Crippen molar-refractivity contribution < 1.29 is 19.0 Å². The van der Waals surface area contributed by atoms with Crippen LogP contribution in [0.4, 0.5) is 14.9 Å². The van der Waals surface area contributed by atoms with E-state index >= 15 is 0 Å². The third-order valence-corrected chi connectivity index (χ3v) is 7.59. The molecule has 2 fully saturated rings. The van der Waals surface area contributed by atoms with Crippen LogP contribution in [-0.2, 0) is 6.54 Å². The number of urea groups is 1. The average Bonchev–Trinajstić information content (AvgIpc) is 3.42. The van der Waals surface area contributed by atoms with Crippen molar-refractivity contribution in [1.82, 2.24) is 20.2 Å². The van der Waals surface area contributed by atoms with Crippen LogP contribution in [0.5, 0.6) is 11.5 Å². The fourth-order valence-electron chi connectivity index (χ4n) is 4.36. The number of likely N-dealkylation sites (tertiary alicyclic amines) is 1. The summed E-state index contributed by atoms with van der Waals surface area (Å²) in [6.45, 7) is 2.35. The molecule has 4 heterocycles. The summed E-state index contributed by atoms with van der Waals surface area (Å²) in [6, 6.07) is 11.9. The number of hydrogen-bond donors (Lipinski definition) is 3. The van der Waals surface area contributed by atoms with Gasteiger partial charge in [0, 0.05) is 55.9 Å². The number of carbonyl (C=O) groups excluding carboxylic acids is 1. The van der Waals surface area contributed by atoms with E-state index < -0.39 is 5.82 Å². The predicted molar refractivity (Wildman–Crippen MR) is 140 cm³/mol. The van der Waals surface area contributed by atoms with Crippen molar-refractivity contribution in [1.29, 1.82) is 0 Å². The predicted octanol–water partition coefficient (Wildman–Crippen LogP) is 5.14. The monoisotopic (exact) mass is 519 g/mol. The zero-order chi connectivity index (χ0) is 25.4. The lowest BCUT2D eigenvalue weighted by Crippen LogP contribution is -2.30. The standard InChI is InChI=1S/C27H26FN5O3S/c28-20-11-18(32-27(35)31-17-2-3-17)4-6-23(20)36-24-7-9-29-22-12-25(37-26(22)24)21-5-1-16(13-30-21)14-33-10-8-19(34)15-33/h1,4-7,9,11-13,17,19,34H,2-3,8,10,14-15H2,(H2,31,32,35). The number of benzene rings is 1. The van der Waals surface area contributed by atoms with Gasteiger partial charge in [0.25, 0.3) is 0 Å². The van der Waals surface area contributed by atoms with Gasteiger partial charge in [-0.3, -0.25) is 14.9 Å². The largest absolute Gasteiger partial charge is 0.453 e. The molecule has 0 spiro atoms. The molecule has 1 atom stereocenters. The van der Waals surface area contributed by atoms with Gasteiger partial charge in [0.2, 0.25) is 0 Å². The number of aliphatic hydroxyl groups is 1. The van der Waals surface area contributed by atoms with Gasteiger partial charge >= 0.3 is 6.03 Å².